The number of carbonyl (C=O) groups is 2. The fourth-order valence-electron chi connectivity index (χ4n) is 1.93. The molecule has 0 radical (unpaired) electrons. The first-order chi connectivity index (χ1) is 10.0. The molecule has 7 heteroatoms. The Hall–Kier alpha value is -2.44. The molecule has 0 atom stereocenters. The van der Waals surface area contributed by atoms with Gasteiger partial charge in [-0.25, -0.2) is 4.98 Å². The highest BCUT2D eigenvalue weighted by Gasteiger charge is 2.17. The normalized spacial score (nSPS) is 10.6. The van der Waals surface area contributed by atoms with Crippen LogP contribution in [0.15, 0.2) is 10.6 Å². The monoisotopic (exact) mass is 292 g/mol. The molecule has 2 aromatic heterocycles. The Bertz CT molecular complexity index is 677. The van der Waals surface area contributed by atoms with Crippen LogP contribution in [0.3, 0.4) is 0 Å². The van der Waals surface area contributed by atoms with E-state index in [4.69, 9.17) is 14.0 Å². The Morgan fingerprint density at radius 3 is 2.81 bits per heavy atom. The summed E-state index contributed by atoms with van der Waals surface area (Å²) in [6, 6.07) is 1.87. The van der Waals surface area contributed by atoms with Gasteiger partial charge in [0, 0.05) is 5.69 Å². The first-order valence-electron chi connectivity index (χ1n) is 6.55. The van der Waals surface area contributed by atoms with Crippen molar-refractivity contribution in [1.29, 1.82) is 0 Å². The number of carbonyl (C=O) groups excluding carboxylic acids is 2. The second-order valence-corrected chi connectivity index (χ2v) is 4.56. The van der Waals surface area contributed by atoms with Crippen LogP contribution in [0.4, 0.5) is 0 Å². The quantitative estimate of drug-likeness (QED) is 0.591. The number of aromatic nitrogens is 2. The van der Waals surface area contributed by atoms with Crippen LogP contribution in [0.5, 0.6) is 5.88 Å². The third kappa shape index (κ3) is 3.56. The van der Waals surface area contributed by atoms with E-state index in [0.717, 1.165) is 11.3 Å². The van der Waals surface area contributed by atoms with E-state index in [1.807, 2.05) is 19.9 Å². The summed E-state index contributed by atoms with van der Waals surface area (Å²) < 4.78 is 15.1. The van der Waals surface area contributed by atoms with Gasteiger partial charge in [-0.2, -0.15) is 0 Å². The average Bonchev–Trinajstić information content (AvgIpc) is 2.79. The maximum absolute atomic E-state index is 11.6. The molecule has 21 heavy (non-hydrogen) atoms. The van der Waals surface area contributed by atoms with Crippen LogP contribution in [0, 0.1) is 13.8 Å². The molecular weight excluding hydrogens is 276 g/mol. The van der Waals surface area contributed by atoms with Gasteiger partial charge in [-0.05, 0) is 37.6 Å². The van der Waals surface area contributed by atoms with Gasteiger partial charge in [0.25, 0.3) is 11.6 Å². The minimum Gasteiger partial charge on any atom is -0.467 e. The maximum Gasteiger partial charge on any atom is 0.313 e. The molecular formula is C14H16N2O5. The molecule has 0 aliphatic heterocycles. The van der Waals surface area contributed by atoms with Crippen LogP contribution < -0.4 is 4.74 Å². The first kappa shape index (κ1) is 15.0. The molecule has 0 aliphatic carbocycles. The number of ketones is 1. The Balaban J connectivity index is 2.04. The summed E-state index contributed by atoms with van der Waals surface area (Å²) in [6.45, 7) is 5.37. The van der Waals surface area contributed by atoms with Crippen molar-refractivity contribution < 1.29 is 23.6 Å². The van der Waals surface area contributed by atoms with Crippen molar-refractivity contribution in [3.05, 3.63) is 17.3 Å². The second-order valence-electron chi connectivity index (χ2n) is 4.56. The number of hydrogen-bond acceptors (Lipinski definition) is 7. The SMILES string of the molecule is CCOC(=O)CC(=O)COc1noc2nc(C)cc(C)c12. The van der Waals surface area contributed by atoms with Crippen LogP contribution in [-0.4, -0.2) is 35.1 Å². The summed E-state index contributed by atoms with van der Waals surface area (Å²) in [5.74, 6) is -0.751. The van der Waals surface area contributed by atoms with E-state index in [1.165, 1.54) is 0 Å². The van der Waals surface area contributed by atoms with Crippen molar-refractivity contribution in [2.24, 2.45) is 0 Å². The molecule has 0 aromatic carbocycles. The molecule has 0 spiro atoms. The molecule has 2 rings (SSSR count). The van der Waals surface area contributed by atoms with Gasteiger partial charge in [-0.3, -0.25) is 9.59 Å². The number of ether oxygens (including phenoxy) is 2. The number of hydrogen-bond donors (Lipinski definition) is 0. The summed E-state index contributed by atoms with van der Waals surface area (Å²) in [5.41, 5.74) is 2.06. The number of rotatable bonds is 6. The molecule has 0 aliphatic rings. The molecule has 112 valence electrons. The predicted octanol–water partition coefficient (Wildman–Crippen LogP) is 1.74. The molecule has 0 amide bonds. The summed E-state index contributed by atoms with van der Waals surface area (Å²) in [5, 5.41) is 4.39. The number of pyridine rings is 1. The summed E-state index contributed by atoms with van der Waals surface area (Å²) in [6.07, 6.45) is -0.319. The summed E-state index contributed by atoms with van der Waals surface area (Å²) in [7, 11) is 0. The number of fused-ring (bicyclic) bond motifs is 1. The number of aryl methyl sites for hydroxylation is 2. The molecule has 0 bridgehead atoms. The Kier molecular flexibility index (Phi) is 4.52. The standard InChI is InChI=1S/C14H16N2O5/c1-4-19-11(18)6-10(17)7-20-14-12-8(2)5-9(3)15-13(12)21-16-14/h5H,4,6-7H2,1-3H3. The van der Waals surface area contributed by atoms with E-state index in [0.29, 0.717) is 11.1 Å². The highest BCUT2D eigenvalue weighted by molar-refractivity contribution is 5.96. The van der Waals surface area contributed by atoms with Crippen LogP contribution in [-0.2, 0) is 14.3 Å². The zero-order valence-corrected chi connectivity index (χ0v) is 12.1. The average molecular weight is 292 g/mol. The molecule has 0 N–H and O–H groups in total. The largest absolute Gasteiger partial charge is 0.467 e. The molecule has 0 fully saturated rings. The first-order valence-corrected chi connectivity index (χ1v) is 6.55. The van der Waals surface area contributed by atoms with E-state index in [2.05, 4.69) is 10.1 Å². The third-order valence-electron chi connectivity index (χ3n) is 2.76. The Labute approximate surface area is 121 Å². The van der Waals surface area contributed by atoms with Gasteiger partial charge in [0.2, 0.25) is 0 Å². The fourth-order valence-corrected chi connectivity index (χ4v) is 1.93. The van der Waals surface area contributed by atoms with Crippen molar-refractivity contribution in [3.8, 4) is 5.88 Å². The highest BCUT2D eigenvalue weighted by atomic mass is 16.5. The van der Waals surface area contributed by atoms with Crippen LogP contribution in [0.25, 0.3) is 11.1 Å². The zero-order valence-electron chi connectivity index (χ0n) is 12.1. The van der Waals surface area contributed by atoms with Crippen molar-refractivity contribution in [2.75, 3.05) is 13.2 Å². The van der Waals surface area contributed by atoms with Crippen molar-refractivity contribution in [2.45, 2.75) is 27.2 Å². The van der Waals surface area contributed by atoms with Crippen LogP contribution in [0.1, 0.15) is 24.6 Å². The second kappa shape index (κ2) is 6.34. The molecule has 0 saturated carbocycles. The molecule has 2 aromatic rings. The molecule has 7 nitrogen and oxygen atoms in total. The maximum atomic E-state index is 11.6. The fraction of sp³-hybridized carbons (Fsp3) is 0.429. The summed E-state index contributed by atoms with van der Waals surface area (Å²) >= 11 is 0. The minimum atomic E-state index is -0.565. The van der Waals surface area contributed by atoms with E-state index in [-0.39, 0.29) is 31.3 Å². The van der Waals surface area contributed by atoms with Crippen molar-refractivity contribution >= 4 is 22.9 Å². The Morgan fingerprint density at radius 2 is 2.10 bits per heavy atom. The van der Waals surface area contributed by atoms with Gasteiger partial charge in [0.05, 0.1) is 6.61 Å². The van der Waals surface area contributed by atoms with E-state index >= 15 is 0 Å². The van der Waals surface area contributed by atoms with Gasteiger partial charge < -0.3 is 14.0 Å². The Morgan fingerprint density at radius 1 is 1.33 bits per heavy atom. The van der Waals surface area contributed by atoms with Crippen molar-refractivity contribution in [3.63, 3.8) is 0 Å². The zero-order chi connectivity index (χ0) is 15.4. The summed E-state index contributed by atoms with van der Waals surface area (Å²) in [4.78, 5) is 27.0. The van der Waals surface area contributed by atoms with E-state index < -0.39 is 5.97 Å². The number of nitrogens with zero attached hydrogens (tertiary/aromatic N) is 2. The molecule has 0 saturated heterocycles. The van der Waals surface area contributed by atoms with Gasteiger partial charge in [-0.1, -0.05) is 0 Å². The number of Topliss-reactive ketones (excluding diaryl/α,β-unsaturated/α-hetero) is 1. The third-order valence-corrected chi connectivity index (χ3v) is 2.76. The predicted molar refractivity (Wildman–Crippen MR) is 73.0 cm³/mol. The van der Waals surface area contributed by atoms with Gasteiger partial charge in [0.15, 0.2) is 5.78 Å². The number of esters is 1. The van der Waals surface area contributed by atoms with E-state index in [1.54, 1.807) is 6.92 Å². The minimum absolute atomic E-state index is 0.201. The lowest BCUT2D eigenvalue weighted by Crippen LogP contribution is -2.17. The van der Waals surface area contributed by atoms with Gasteiger partial charge >= 0.3 is 5.97 Å². The lowest BCUT2D eigenvalue weighted by atomic mass is 10.2. The molecule has 2 heterocycles. The van der Waals surface area contributed by atoms with Gasteiger partial charge in [0.1, 0.15) is 18.4 Å². The lowest BCUT2D eigenvalue weighted by Gasteiger charge is -2.03. The lowest BCUT2D eigenvalue weighted by molar-refractivity contribution is -0.145. The molecule has 0 unspecified atom stereocenters. The van der Waals surface area contributed by atoms with Crippen molar-refractivity contribution in [1.82, 2.24) is 10.1 Å². The van der Waals surface area contributed by atoms with Gasteiger partial charge in [-0.15, -0.1) is 0 Å². The topological polar surface area (TPSA) is 91.5 Å². The smallest absolute Gasteiger partial charge is 0.313 e. The van der Waals surface area contributed by atoms with Crippen LogP contribution >= 0.6 is 0 Å². The van der Waals surface area contributed by atoms with E-state index in [9.17, 15) is 9.59 Å². The highest BCUT2D eigenvalue weighted by Crippen LogP contribution is 2.27. The van der Waals surface area contributed by atoms with Crippen LogP contribution in [0.2, 0.25) is 0 Å².